The lowest BCUT2D eigenvalue weighted by molar-refractivity contribution is 0.581. The van der Waals surface area contributed by atoms with E-state index in [0.29, 0.717) is 28.5 Å². The highest BCUT2D eigenvalue weighted by atomic mass is 35.5. The third-order valence-corrected chi connectivity index (χ3v) is 7.80. The minimum Gasteiger partial charge on any atom is -0.415 e. The Morgan fingerprint density at radius 1 is 1.09 bits per heavy atom. The van der Waals surface area contributed by atoms with Gasteiger partial charge in [0.25, 0.3) is 5.89 Å². The van der Waals surface area contributed by atoms with Gasteiger partial charge in [-0.2, -0.15) is 0 Å². The summed E-state index contributed by atoms with van der Waals surface area (Å²) in [6, 6.07) is 12.4. The van der Waals surface area contributed by atoms with Crippen molar-refractivity contribution in [3.8, 4) is 34.3 Å². The van der Waals surface area contributed by atoms with Gasteiger partial charge in [-0.3, -0.25) is 4.98 Å². The minimum atomic E-state index is -3.44. The molecule has 0 fully saturated rings. The molecule has 2 aromatic carbocycles. The standard InChI is InChI=1S/C24H24ClN5O3S.H2/c1-14(2)34(31,32)18-9-10-19(20(25)11-18)21-13-27-15(3)22(28-21)24-30-29-23(33-24)17-7-5-16(6-8-17)12-26-4;/h5-11,13-14,26H,12H2,1-4H3;1H. The minimum absolute atomic E-state index is 0. The van der Waals surface area contributed by atoms with Crippen molar-refractivity contribution in [1.82, 2.24) is 25.5 Å². The molecule has 8 nitrogen and oxygen atoms in total. The normalized spacial score (nSPS) is 11.8. The van der Waals surface area contributed by atoms with E-state index >= 15 is 0 Å². The smallest absolute Gasteiger partial charge is 0.268 e. The van der Waals surface area contributed by atoms with Crippen molar-refractivity contribution in [2.24, 2.45) is 0 Å². The van der Waals surface area contributed by atoms with Crippen LogP contribution in [0.3, 0.4) is 0 Å². The van der Waals surface area contributed by atoms with Gasteiger partial charge in [-0.25, -0.2) is 13.4 Å². The van der Waals surface area contributed by atoms with Crippen LogP contribution in [-0.2, 0) is 16.4 Å². The van der Waals surface area contributed by atoms with E-state index in [0.717, 1.165) is 17.7 Å². The van der Waals surface area contributed by atoms with E-state index < -0.39 is 15.1 Å². The van der Waals surface area contributed by atoms with Gasteiger partial charge in [-0.05, 0) is 63.7 Å². The summed E-state index contributed by atoms with van der Waals surface area (Å²) in [5.74, 6) is 0.607. The molecule has 0 aliphatic rings. The number of halogens is 1. The van der Waals surface area contributed by atoms with Crippen molar-refractivity contribution in [3.05, 3.63) is 64.9 Å². The van der Waals surface area contributed by atoms with Crippen LogP contribution < -0.4 is 5.32 Å². The zero-order chi connectivity index (χ0) is 24.5. The Kier molecular flexibility index (Phi) is 6.79. The third kappa shape index (κ3) is 4.72. The molecule has 4 rings (SSSR count). The van der Waals surface area contributed by atoms with Gasteiger partial charge in [-0.15, -0.1) is 10.2 Å². The molecule has 34 heavy (non-hydrogen) atoms. The molecule has 1 N–H and O–H groups in total. The Morgan fingerprint density at radius 3 is 2.44 bits per heavy atom. The van der Waals surface area contributed by atoms with Gasteiger partial charge in [0.1, 0.15) is 5.69 Å². The number of nitrogens with one attached hydrogen (secondary N) is 1. The lowest BCUT2D eigenvalue weighted by atomic mass is 10.1. The van der Waals surface area contributed by atoms with Crippen molar-refractivity contribution in [2.45, 2.75) is 37.5 Å². The van der Waals surface area contributed by atoms with Crippen LogP contribution in [0.15, 0.2) is 58.0 Å². The van der Waals surface area contributed by atoms with Crippen LogP contribution in [0.2, 0.25) is 5.02 Å². The molecule has 0 spiro atoms. The molecular formula is C24H26ClN5O3S. The van der Waals surface area contributed by atoms with Crippen LogP contribution in [-0.4, -0.2) is 40.9 Å². The first kappa shape index (κ1) is 24.0. The fourth-order valence-corrected chi connectivity index (χ4v) is 4.77. The Labute approximate surface area is 204 Å². The van der Waals surface area contributed by atoms with Crippen LogP contribution in [0, 0.1) is 6.92 Å². The SMILES string of the molecule is CNCc1ccc(-c2nnc(-c3nc(-c4ccc(S(=O)(=O)C(C)C)cc4Cl)cnc3C)o2)cc1.[HH]. The van der Waals surface area contributed by atoms with Crippen LogP contribution in [0.25, 0.3) is 34.3 Å². The quantitative estimate of drug-likeness (QED) is 0.379. The molecule has 2 aromatic heterocycles. The second-order valence-electron chi connectivity index (χ2n) is 8.06. The molecule has 0 unspecified atom stereocenters. The molecule has 0 amide bonds. The summed E-state index contributed by atoms with van der Waals surface area (Å²) in [4.78, 5) is 9.22. The number of sulfone groups is 1. The molecular weight excluding hydrogens is 474 g/mol. The predicted molar refractivity (Wildman–Crippen MR) is 133 cm³/mol. The fraction of sp³-hybridized carbons (Fsp3) is 0.250. The Hall–Kier alpha value is -3.14. The first-order valence-electron chi connectivity index (χ1n) is 10.7. The summed E-state index contributed by atoms with van der Waals surface area (Å²) in [5.41, 5.74) is 4.00. The monoisotopic (exact) mass is 499 g/mol. The molecule has 10 heteroatoms. The molecule has 178 valence electrons. The predicted octanol–water partition coefficient (Wildman–Crippen LogP) is 4.97. The van der Waals surface area contributed by atoms with Gasteiger partial charge in [0, 0.05) is 19.1 Å². The average molecular weight is 500 g/mol. The van der Waals surface area contributed by atoms with E-state index in [1.807, 2.05) is 31.3 Å². The Balaban J connectivity index is 0.00000342. The van der Waals surface area contributed by atoms with E-state index in [4.69, 9.17) is 16.0 Å². The summed E-state index contributed by atoms with van der Waals surface area (Å²) in [6.45, 7) is 5.82. The molecule has 0 saturated heterocycles. The Bertz CT molecular complexity index is 1440. The highest BCUT2D eigenvalue weighted by Crippen LogP contribution is 2.32. The summed E-state index contributed by atoms with van der Waals surface area (Å²) >= 11 is 6.44. The number of rotatable bonds is 7. The highest BCUT2D eigenvalue weighted by molar-refractivity contribution is 7.92. The van der Waals surface area contributed by atoms with E-state index in [9.17, 15) is 8.42 Å². The topological polar surface area (TPSA) is 111 Å². The van der Waals surface area contributed by atoms with Gasteiger partial charge in [-0.1, -0.05) is 23.7 Å². The van der Waals surface area contributed by atoms with Crippen molar-refractivity contribution in [2.75, 3.05) is 7.05 Å². The van der Waals surface area contributed by atoms with Gasteiger partial charge in [0.15, 0.2) is 9.84 Å². The van der Waals surface area contributed by atoms with E-state index in [1.54, 1.807) is 33.0 Å². The van der Waals surface area contributed by atoms with Crippen molar-refractivity contribution < 1.29 is 14.3 Å². The molecule has 0 aliphatic heterocycles. The van der Waals surface area contributed by atoms with Crippen molar-refractivity contribution in [3.63, 3.8) is 0 Å². The molecule has 0 radical (unpaired) electrons. The van der Waals surface area contributed by atoms with E-state index in [1.165, 1.54) is 12.1 Å². The third-order valence-electron chi connectivity index (χ3n) is 5.33. The number of hydrogen-bond donors (Lipinski definition) is 1. The Morgan fingerprint density at radius 2 is 1.79 bits per heavy atom. The lowest BCUT2D eigenvalue weighted by Crippen LogP contribution is -2.13. The van der Waals surface area contributed by atoms with Gasteiger partial charge >= 0.3 is 0 Å². The number of aryl methyl sites for hydroxylation is 1. The van der Waals surface area contributed by atoms with Crippen molar-refractivity contribution in [1.29, 1.82) is 0 Å². The summed E-state index contributed by atoms with van der Waals surface area (Å²) in [6.07, 6.45) is 1.58. The second-order valence-corrected chi connectivity index (χ2v) is 11.0. The van der Waals surface area contributed by atoms with Crippen LogP contribution >= 0.6 is 11.6 Å². The lowest BCUT2D eigenvalue weighted by Gasteiger charge is -2.11. The van der Waals surface area contributed by atoms with Crippen molar-refractivity contribution >= 4 is 21.4 Å². The number of nitrogens with zero attached hydrogens (tertiary/aromatic N) is 4. The van der Waals surface area contributed by atoms with Gasteiger partial charge in [0.05, 0.1) is 32.8 Å². The first-order chi connectivity index (χ1) is 16.2. The first-order valence-corrected chi connectivity index (χ1v) is 12.6. The fourth-order valence-electron chi connectivity index (χ4n) is 3.34. The molecule has 0 atom stereocenters. The van der Waals surface area contributed by atoms with Crippen LogP contribution in [0.4, 0.5) is 0 Å². The largest absolute Gasteiger partial charge is 0.415 e. The van der Waals surface area contributed by atoms with E-state index in [2.05, 4.69) is 25.5 Å². The maximum Gasteiger partial charge on any atom is 0.268 e. The van der Waals surface area contributed by atoms with Gasteiger partial charge in [0.2, 0.25) is 5.89 Å². The van der Waals surface area contributed by atoms with Crippen LogP contribution in [0.5, 0.6) is 0 Å². The maximum atomic E-state index is 12.5. The van der Waals surface area contributed by atoms with E-state index in [-0.39, 0.29) is 17.2 Å². The summed E-state index contributed by atoms with van der Waals surface area (Å²) < 4.78 is 30.8. The maximum absolute atomic E-state index is 12.5. The molecule has 0 saturated carbocycles. The molecule has 0 bridgehead atoms. The second kappa shape index (κ2) is 9.61. The van der Waals surface area contributed by atoms with Gasteiger partial charge < -0.3 is 9.73 Å². The summed E-state index contributed by atoms with van der Waals surface area (Å²) in [5, 5.41) is 11.1. The molecule has 4 aromatic rings. The van der Waals surface area contributed by atoms with Crippen LogP contribution in [0.1, 0.15) is 26.5 Å². The zero-order valence-corrected chi connectivity index (χ0v) is 20.8. The average Bonchev–Trinajstić information content (AvgIpc) is 3.30. The number of hydrogen-bond acceptors (Lipinski definition) is 8. The zero-order valence-electron chi connectivity index (χ0n) is 19.2. The molecule has 0 aliphatic carbocycles. The summed E-state index contributed by atoms with van der Waals surface area (Å²) in [7, 11) is -1.55. The number of benzene rings is 2. The highest BCUT2D eigenvalue weighted by Gasteiger charge is 2.22. The number of aromatic nitrogens is 4. The molecule has 2 heterocycles.